The van der Waals surface area contributed by atoms with Gasteiger partial charge in [0, 0.05) is 25.7 Å². The van der Waals surface area contributed by atoms with Crippen LogP contribution in [-0.2, 0) is 65.4 Å². The first-order valence-corrected chi connectivity index (χ1v) is 45.4. The fourth-order valence-corrected chi connectivity index (χ4v) is 14.2. The Balaban J connectivity index is 5.26. The van der Waals surface area contributed by atoms with Gasteiger partial charge in [0.1, 0.15) is 19.3 Å². The van der Waals surface area contributed by atoms with Crippen molar-refractivity contribution in [2.24, 2.45) is 17.8 Å². The van der Waals surface area contributed by atoms with Gasteiger partial charge in [0.2, 0.25) is 0 Å². The number of carbonyl (C=O) groups is 4. The second kappa shape index (κ2) is 72.3. The van der Waals surface area contributed by atoms with Gasteiger partial charge in [-0.2, -0.15) is 0 Å². The van der Waals surface area contributed by atoms with E-state index >= 15 is 0 Å². The number of esters is 4. The van der Waals surface area contributed by atoms with Crippen molar-refractivity contribution in [3.8, 4) is 0 Å². The van der Waals surface area contributed by atoms with E-state index < -0.39 is 97.5 Å². The van der Waals surface area contributed by atoms with Crippen molar-refractivity contribution in [3.05, 3.63) is 0 Å². The molecule has 0 saturated carbocycles. The molecular weight excluding hydrogens is 1320 g/mol. The fourth-order valence-electron chi connectivity index (χ4n) is 12.6. The predicted octanol–water partition coefficient (Wildman–Crippen LogP) is 24.5. The van der Waals surface area contributed by atoms with Crippen molar-refractivity contribution in [1.82, 2.24) is 0 Å². The summed E-state index contributed by atoms with van der Waals surface area (Å²) in [5.41, 5.74) is 0. The lowest BCUT2D eigenvalue weighted by molar-refractivity contribution is -0.161. The summed E-state index contributed by atoms with van der Waals surface area (Å²) in [4.78, 5) is 73.1. The highest BCUT2D eigenvalue weighted by Crippen LogP contribution is 2.45. The van der Waals surface area contributed by atoms with Crippen LogP contribution < -0.4 is 0 Å². The fraction of sp³-hybridized carbons (Fsp3) is 0.951. The smallest absolute Gasteiger partial charge is 0.462 e. The Hall–Kier alpha value is -1.94. The van der Waals surface area contributed by atoms with Crippen molar-refractivity contribution in [3.63, 3.8) is 0 Å². The Morgan fingerprint density at radius 2 is 0.505 bits per heavy atom. The lowest BCUT2D eigenvalue weighted by atomic mass is 9.99. The van der Waals surface area contributed by atoms with Crippen LogP contribution in [0.15, 0.2) is 0 Å². The lowest BCUT2D eigenvalue weighted by Gasteiger charge is -2.21. The van der Waals surface area contributed by atoms with Crippen LogP contribution in [0.3, 0.4) is 0 Å². The van der Waals surface area contributed by atoms with Crippen LogP contribution >= 0.6 is 15.6 Å². The van der Waals surface area contributed by atoms with Crippen molar-refractivity contribution in [2.45, 2.75) is 446 Å². The minimum absolute atomic E-state index is 0.106. The molecule has 0 fully saturated rings. The molecule has 0 aliphatic rings. The monoisotopic (exact) mass is 1480 g/mol. The number of aliphatic hydroxyl groups excluding tert-OH is 1. The molecule has 19 heteroatoms. The molecule has 6 atom stereocenters. The van der Waals surface area contributed by atoms with Gasteiger partial charge < -0.3 is 33.8 Å². The van der Waals surface area contributed by atoms with Crippen LogP contribution in [0, 0.1) is 17.8 Å². The molecule has 0 heterocycles. The molecule has 600 valence electrons. The number of hydrogen-bond acceptors (Lipinski definition) is 15. The number of phosphoric ester groups is 2. The Morgan fingerprint density at radius 1 is 0.287 bits per heavy atom. The normalized spacial score (nSPS) is 14.2. The molecule has 0 aromatic carbocycles. The minimum Gasteiger partial charge on any atom is -0.462 e. The van der Waals surface area contributed by atoms with E-state index in [1.165, 1.54) is 238 Å². The Morgan fingerprint density at radius 3 is 0.752 bits per heavy atom. The molecule has 101 heavy (non-hydrogen) atoms. The Labute approximate surface area is 619 Å². The van der Waals surface area contributed by atoms with Gasteiger partial charge in [-0.05, 0) is 43.4 Å². The van der Waals surface area contributed by atoms with Crippen LogP contribution in [0.4, 0.5) is 0 Å². The molecule has 3 N–H and O–H groups in total. The first-order valence-electron chi connectivity index (χ1n) is 42.4. The van der Waals surface area contributed by atoms with Crippen molar-refractivity contribution >= 4 is 39.5 Å². The molecule has 0 aliphatic heterocycles. The van der Waals surface area contributed by atoms with Crippen molar-refractivity contribution in [1.29, 1.82) is 0 Å². The van der Waals surface area contributed by atoms with Crippen LogP contribution in [-0.4, -0.2) is 96.7 Å². The quantitative estimate of drug-likeness (QED) is 0.0222. The maximum absolute atomic E-state index is 13.1. The zero-order valence-corrected chi connectivity index (χ0v) is 68.2. The summed E-state index contributed by atoms with van der Waals surface area (Å²) in [6.07, 6.45) is 61.0. The highest BCUT2D eigenvalue weighted by molar-refractivity contribution is 7.47. The number of unbranched alkanes of at least 4 members (excludes halogenated alkanes) is 47. The average molecular weight is 1480 g/mol. The van der Waals surface area contributed by atoms with Gasteiger partial charge in [-0.25, -0.2) is 9.13 Å². The number of aliphatic hydroxyl groups is 1. The molecule has 0 spiro atoms. The van der Waals surface area contributed by atoms with Gasteiger partial charge in [0.05, 0.1) is 26.4 Å². The third-order valence-electron chi connectivity index (χ3n) is 19.5. The molecule has 0 amide bonds. The summed E-state index contributed by atoms with van der Waals surface area (Å²) < 4.78 is 68.8. The molecule has 0 aromatic heterocycles. The molecule has 17 nitrogen and oxygen atoms in total. The minimum atomic E-state index is -4.96. The van der Waals surface area contributed by atoms with Gasteiger partial charge in [-0.3, -0.25) is 37.3 Å². The van der Waals surface area contributed by atoms with Crippen LogP contribution in [0.5, 0.6) is 0 Å². The van der Waals surface area contributed by atoms with E-state index in [4.69, 9.17) is 37.0 Å². The van der Waals surface area contributed by atoms with Crippen LogP contribution in [0.1, 0.15) is 427 Å². The first-order chi connectivity index (χ1) is 48.8. The van der Waals surface area contributed by atoms with Crippen molar-refractivity contribution in [2.75, 3.05) is 39.6 Å². The summed E-state index contributed by atoms with van der Waals surface area (Å²) in [5.74, 6) is 0.224. The van der Waals surface area contributed by atoms with Crippen LogP contribution in [0.25, 0.3) is 0 Å². The summed E-state index contributed by atoms with van der Waals surface area (Å²) in [6.45, 7) is 12.0. The molecule has 0 aliphatic carbocycles. The Bertz CT molecular complexity index is 1960. The van der Waals surface area contributed by atoms with Gasteiger partial charge in [-0.15, -0.1) is 0 Å². The number of rotatable bonds is 80. The maximum Gasteiger partial charge on any atom is 0.472 e. The van der Waals surface area contributed by atoms with E-state index in [2.05, 4.69) is 48.5 Å². The standard InChI is InChI=1S/C82H160O17P2/c1-8-10-11-12-13-14-15-16-17-18-19-20-21-24-30-35-44-51-58-65-81(86)98-77(69-92-79(84)63-56-49-42-34-29-25-22-23-27-32-39-46-53-60-73(3)4)71-96-100(88,89)94-67-76(83)68-95-101(90,91)97-72-78(70-93-80(85)64-57-50-43-38-37-41-48-55-62-75(7)9-2)99-82(87)66-59-52-45-36-31-26-28-33-40-47-54-61-74(5)6/h73-78,83H,8-72H2,1-7H3,(H,88,89)(H,90,91)/t75?,76-,77-,78-/m1/s1. The highest BCUT2D eigenvalue weighted by Gasteiger charge is 2.30. The number of carbonyl (C=O) groups excluding carboxylic acids is 4. The second-order valence-corrected chi connectivity index (χ2v) is 33.6. The number of ether oxygens (including phenoxy) is 4. The van der Waals surface area contributed by atoms with Gasteiger partial charge in [-0.1, -0.05) is 376 Å². The molecule has 0 saturated heterocycles. The largest absolute Gasteiger partial charge is 0.472 e. The topological polar surface area (TPSA) is 237 Å². The van der Waals surface area contributed by atoms with Crippen molar-refractivity contribution < 1.29 is 80.2 Å². The van der Waals surface area contributed by atoms with Crippen LogP contribution in [0.2, 0.25) is 0 Å². The average Bonchev–Trinajstić information content (AvgIpc) is 0.920. The van der Waals surface area contributed by atoms with E-state index in [0.29, 0.717) is 25.7 Å². The molecule has 0 radical (unpaired) electrons. The number of phosphoric acid groups is 2. The summed E-state index contributed by atoms with van der Waals surface area (Å²) in [7, 11) is -9.92. The molecule has 0 rings (SSSR count). The molecular formula is C82H160O17P2. The van der Waals surface area contributed by atoms with E-state index in [-0.39, 0.29) is 25.7 Å². The van der Waals surface area contributed by atoms with E-state index in [1.54, 1.807) is 0 Å². The SMILES string of the molecule is CCCCCCCCCCCCCCCCCCCCCC(=O)O[C@H](COC(=O)CCCCCCCCCCCCCCCC(C)C)COP(=O)(O)OC[C@@H](O)COP(=O)(O)OC[C@@H](COC(=O)CCCCCCCCCCC(C)CC)OC(=O)CCCCCCCCCCCCCC(C)C. The molecule has 0 bridgehead atoms. The molecule has 0 aromatic rings. The lowest BCUT2D eigenvalue weighted by Crippen LogP contribution is -2.30. The van der Waals surface area contributed by atoms with E-state index in [0.717, 1.165) is 108 Å². The second-order valence-electron chi connectivity index (χ2n) is 30.7. The molecule has 3 unspecified atom stereocenters. The summed E-state index contributed by atoms with van der Waals surface area (Å²) in [5, 5.41) is 10.7. The zero-order chi connectivity index (χ0) is 74.4. The highest BCUT2D eigenvalue weighted by atomic mass is 31.2. The van der Waals surface area contributed by atoms with Gasteiger partial charge >= 0.3 is 39.5 Å². The van der Waals surface area contributed by atoms with Gasteiger partial charge in [0.15, 0.2) is 12.2 Å². The maximum atomic E-state index is 13.1. The van der Waals surface area contributed by atoms with Gasteiger partial charge in [0.25, 0.3) is 0 Å². The predicted molar refractivity (Wildman–Crippen MR) is 414 cm³/mol. The third-order valence-corrected chi connectivity index (χ3v) is 21.4. The first kappa shape index (κ1) is 99.1. The number of hydrogen-bond donors (Lipinski definition) is 3. The van der Waals surface area contributed by atoms with E-state index in [9.17, 15) is 43.2 Å². The summed E-state index contributed by atoms with van der Waals surface area (Å²) in [6, 6.07) is 0. The third kappa shape index (κ3) is 74.7. The zero-order valence-electron chi connectivity index (χ0n) is 66.4. The Kier molecular flexibility index (Phi) is 70.9. The van der Waals surface area contributed by atoms with E-state index in [1.807, 2.05) is 0 Å². The summed E-state index contributed by atoms with van der Waals surface area (Å²) >= 11 is 0.